The number of halogens is 1. The summed E-state index contributed by atoms with van der Waals surface area (Å²) in [5, 5.41) is 10.1. The highest BCUT2D eigenvalue weighted by molar-refractivity contribution is 9.08. The van der Waals surface area contributed by atoms with Gasteiger partial charge < -0.3 is 14.6 Å². The van der Waals surface area contributed by atoms with Crippen LogP contribution in [0.1, 0.15) is 18.3 Å². The Hall–Kier alpha value is -2.15. The number of ether oxygens (including phenoxy) is 2. The second kappa shape index (κ2) is 9.73. The molecule has 1 heterocycles. The smallest absolute Gasteiger partial charge is 0.334 e. The number of esters is 1. The molecule has 0 aromatic carbocycles. The molecular weight excluding hydrogens is 352 g/mol. The van der Waals surface area contributed by atoms with Gasteiger partial charge in [-0.2, -0.15) is 0 Å². The van der Waals surface area contributed by atoms with Gasteiger partial charge in [0, 0.05) is 18.0 Å². The summed E-state index contributed by atoms with van der Waals surface area (Å²) in [6, 6.07) is 0. The first-order valence-electron chi connectivity index (χ1n) is 6.40. The summed E-state index contributed by atoms with van der Waals surface area (Å²) < 4.78 is 9.97. The van der Waals surface area contributed by atoms with Gasteiger partial charge in [0.2, 0.25) is 0 Å². The van der Waals surface area contributed by atoms with E-state index in [9.17, 15) is 9.90 Å². The number of hydrogen-bond donors (Lipinski definition) is 1. The van der Waals surface area contributed by atoms with Crippen LogP contribution in [0.5, 0.6) is 0 Å². The van der Waals surface area contributed by atoms with Crippen molar-refractivity contribution in [3.63, 3.8) is 0 Å². The Morgan fingerprint density at radius 1 is 1.36 bits per heavy atom. The summed E-state index contributed by atoms with van der Waals surface area (Å²) in [5.74, 6) is 0.385. The van der Waals surface area contributed by atoms with Crippen LogP contribution in [-0.2, 0) is 26.2 Å². The predicted octanol–water partition coefficient (Wildman–Crippen LogP) is 2.96. The van der Waals surface area contributed by atoms with Gasteiger partial charge in [-0.1, -0.05) is 15.9 Å². The molecule has 0 saturated carbocycles. The number of carbonyl (C=O) groups is 1. The first kappa shape index (κ1) is 17.9. The van der Waals surface area contributed by atoms with E-state index in [1.165, 1.54) is 13.2 Å². The summed E-state index contributed by atoms with van der Waals surface area (Å²) in [6.07, 6.45) is 8.97. The van der Waals surface area contributed by atoms with Gasteiger partial charge in [0.25, 0.3) is 0 Å². The SMILES string of the molecule is C\C=C(/C=C\C(O)=C\C(=O)OC)OCc1cnc(CBr)nc1. The molecule has 1 rings (SSSR count). The molecule has 0 aliphatic rings. The monoisotopic (exact) mass is 368 g/mol. The Morgan fingerprint density at radius 2 is 2.05 bits per heavy atom. The second-order valence-corrected chi connectivity index (χ2v) is 4.61. The molecule has 0 amide bonds. The lowest BCUT2D eigenvalue weighted by Gasteiger charge is -2.06. The van der Waals surface area contributed by atoms with Crippen LogP contribution >= 0.6 is 15.9 Å². The van der Waals surface area contributed by atoms with E-state index < -0.39 is 5.97 Å². The first-order chi connectivity index (χ1) is 10.6. The number of alkyl halides is 1. The lowest BCUT2D eigenvalue weighted by molar-refractivity contribution is -0.135. The highest BCUT2D eigenvalue weighted by Gasteiger charge is 2.00. The van der Waals surface area contributed by atoms with Gasteiger partial charge in [-0.15, -0.1) is 0 Å². The summed E-state index contributed by atoms with van der Waals surface area (Å²) in [5.41, 5.74) is 0.826. The van der Waals surface area contributed by atoms with E-state index in [1.54, 1.807) is 31.5 Å². The Bertz CT molecular complexity index is 580. The molecule has 0 unspecified atom stereocenters. The van der Waals surface area contributed by atoms with Crippen molar-refractivity contribution in [1.29, 1.82) is 0 Å². The number of hydrogen-bond acceptors (Lipinski definition) is 6. The normalized spacial score (nSPS) is 12.5. The molecule has 0 bridgehead atoms. The lowest BCUT2D eigenvalue weighted by Crippen LogP contribution is -1.97. The number of methoxy groups -OCH3 is 1. The largest absolute Gasteiger partial charge is 0.508 e. The zero-order chi connectivity index (χ0) is 16.4. The summed E-state index contributed by atoms with van der Waals surface area (Å²) in [7, 11) is 1.24. The van der Waals surface area contributed by atoms with Crippen molar-refractivity contribution in [2.24, 2.45) is 0 Å². The van der Waals surface area contributed by atoms with Crippen molar-refractivity contribution in [3.8, 4) is 0 Å². The van der Waals surface area contributed by atoms with Crippen LogP contribution in [0.2, 0.25) is 0 Å². The van der Waals surface area contributed by atoms with E-state index in [-0.39, 0.29) is 5.76 Å². The van der Waals surface area contributed by atoms with Gasteiger partial charge in [0.05, 0.1) is 18.5 Å². The van der Waals surface area contributed by atoms with Gasteiger partial charge >= 0.3 is 5.97 Å². The van der Waals surface area contributed by atoms with Gasteiger partial charge in [-0.3, -0.25) is 0 Å². The zero-order valence-corrected chi connectivity index (χ0v) is 13.9. The van der Waals surface area contributed by atoms with E-state index in [2.05, 4.69) is 30.6 Å². The third kappa shape index (κ3) is 6.53. The molecule has 1 aromatic heterocycles. The third-order valence-electron chi connectivity index (χ3n) is 2.45. The number of aromatic nitrogens is 2. The van der Waals surface area contributed by atoms with Crippen LogP contribution < -0.4 is 0 Å². The highest BCUT2D eigenvalue weighted by Crippen LogP contribution is 2.08. The first-order valence-corrected chi connectivity index (χ1v) is 7.52. The number of carbonyl (C=O) groups excluding carboxylic acids is 1. The Balaban J connectivity index is 2.58. The molecule has 0 atom stereocenters. The second-order valence-electron chi connectivity index (χ2n) is 4.05. The molecule has 118 valence electrons. The molecule has 7 heteroatoms. The van der Waals surface area contributed by atoms with Gasteiger partial charge in [0.1, 0.15) is 23.9 Å². The van der Waals surface area contributed by atoms with Crippen LogP contribution in [-0.4, -0.2) is 28.2 Å². The predicted molar refractivity (Wildman–Crippen MR) is 85.1 cm³/mol. The van der Waals surface area contributed by atoms with Crippen LogP contribution in [0.3, 0.4) is 0 Å². The van der Waals surface area contributed by atoms with E-state index >= 15 is 0 Å². The number of aliphatic hydroxyl groups excluding tert-OH is 1. The number of rotatable bonds is 7. The fourth-order valence-electron chi connectivity index (χ4n) is 1.31. The molecule has 0 fully saturated rings. The van der Waals surface area contributed by atoms with Crippen LogP contribution in [0.4, 0.5) is 0 Å². The van der Waals surface area contributed by atoms with Crippen molar-refractivity contribution >= 4 is 21.9 Å². The minimum Gasteiger partial charge on any atom is -0.508 e. The summed E-state index contributed by atoms with van der Waals surface area (Å²) >= 11 is 3.28. The fourth-order valence-corrected chi connectivity index (χ4v) is 1.60. The van der Waals surface area contributed by atoms with Crippen LogP contribution in [0.25, 0.3) is 0 Å². The average Bonchev–Trinajstić information content (AvgIpc) is 2.55. The van der Waals surface area contributed by atoms with E-state index in [0.717, 1.165) is 11.6 Å². The molecule has 0 aliphatic carbocycles. The van der Waals surface area contributed by atoms with Gasteiger partial charge in [-0.25, -0.2) is 14.8 Å². The van der Waals surface area contributed by atoms with Crippen molar-refractivity contribution < 1.29 is 19.4 Å². The number of nitrogens with zero attached hydrogens (tertiary/aromatic N) is 2. The number of aliphatic hydroxyl groups is 1. The minimum atomic E-state index is -0.630. The standard InChI is InChI=1S/C15H17BrN2O4/c1-3-13(5-4-12(19)6-15(20)21-2)22-10-11-8-17-14(7-16)18-9-11/h3-6,8-9,19H,7,10H2,1-2H3/b5-4-,12-6-,13-3+. The maximum absolute atomic E-state index is 10.9. The van der Waals surface area contributed by atoms with Crippen molar-refractivity contribution in [2.45, 2.75) is 18.9 Å². The quantitative estimate of drug-likeness (QED) is 0.262. The molecule has 0 aliphatic heterocycles. The number of allylic oxidation sites excluding steroid dienone is 3. The Kier molecular flexibility index (Phi) is 7.91. The van der Waals surface area contributed by atoms with Gasteiger partial charge in [-0.05, 0) is 25.2 Å². The highest BCUT2D eigenvalue weighted by atomic mass is 79.9. The van der Waals surface area contributed by atoms with Crippen LogP contribution in [0, 0.1) is 0 Å². The van der Waals surface area contributed by atoms with Crippen molar-refractivity contribution in [1.82, 2.24) is 9.97 Å². The Labute approximate surface area is 137 Å². The fraction of sp³-hybridized carbons (Fsp3) is 0.267. The molecule has 0 radical (unpaired) electrons. The maximum atomic E-state index is 10.9. The van der Waals surface area contributed by atoms with E-state index in [1.807, 2.05) is 0 Å². The minimum absolute atomic E-state index is 0.222. The molecule has 0 spiro atoms. The molecule has 6 nitrogen and oxygen atoms in total. The molecular formula is C15H17BrN2O4. The molecule has 0 saturated heterocycles. The van der Waals surface area contributed by atoms with Crippen molar-refractivity contribution in [2.75, 3.05) is 7.11 Å². The maximum Gasteiger partial charge on any atom is 0.334 e. The van der Waals surface area contributed by atoms with E-state index in [4.69, 9.17) is 4.74 Å². The van der Waals surface area contributed by atoms with Gasteiger partial charge in [0.15, 0.2) is 0 Å². The molecule has 22 heavy (non-hydrogen) atoms. The molecule has 1 aromatic rings. The summed E-state index contributed by atoms with van der Waals surface area (Å²) in [6.45, 7) is 2.10. The Morgan fingerprint density at radius 3 is 2.59 bits per heavy atom. The molecule has 1 N–H and O–H groups in total. The van der Waals surface area contributed by atoms with Crippen molar-refractivity contribution in [3.05, 3.63) is 59.6 Å². The zero-order valence-electron chi connectivity index (χ0n) is 12.3. The van der Waals surface area contributed by atoms with Crippen LogP contribution in [0.15, 0.2) is 48.2 Å². The lowest BCUT2D eigenvalue weighted by atomic mass is 10.3. The third-order valence-corrected chi connectivity index (χ3v) is 2.96. The topological polar surface area (TPSA) is 81.5 Å². The average molecular weight is 369 g/mol. The summed E-state index contributed by atoms with van der Waals surface area (Å²) in [4.78, 5) is 19.2. The van der Waals surface area contributed by atoms with E-state index in [0.29, 0.717) is 23.5 Å².